The fraction of sp³-hybridized carbons (Fsp3) is 0.412. The van der Waals surface area contributed by atoms with E-state index in [0.29, 0.717) is 22.9 Å². The summed E-state index contributed by atoms with van der Waals surface area (Å²) >= 11 is 0. The highest BCUT2D eigenvalue weighted by Gasteiger charge is 2.25. The second-order valence-corrected chi connectivity index (χ2v) is 6.70. The van der Waals surface area contributed by atoms with E-state index in [0.717, 1.165) is 30.2 Å². The van der Waals surface area contributed by atoms with E-state index in [4.69, 9.17) is 9.40 Å². The Morgan fingerprint density at radius 1 is 1.22 bits per heavy atom. The van der Waals surface area contributed by atoms with Crippen molar-refractivity contribution < 1.29 is 4.42 Å². The molecular weight excluding hydrogens is 290 g/mol. The van der Waals surface area contributed by atoms with E-state index in [-0.39, 0.29) is 0 Å². The molecule has 4 aromatic heterocycles. The van der Waals surface area contributed by atoms with Crippen molar-refractivity contribution in [1.29, 1.82) is 0 Å². The number of hydrogen-bond donors (Lipinski definition) is 0. The van der Waals surface area contributed by atoms with Crippen molar-refractivity contribution in [3.8, 4) is 0 Å². The number of pyridine rings is 1. The summed E-state index contributed by atoms with van der Waals surface area (Å²) in [5, 5.41) is 5.21. The summed E-state index contributed by atoms with van der Waals surface area (Å²) in [6, 6.07) is 0. The zero-order chi connectivity index (χ0) is 15.6. The van der Waals surface area contributed by atoms with E-state index in [1.54, 1.807) is 10.8 Å². The lowest BCUT2D eigenvalue weighted by Gasteiger charge is -2.10. The topological polar surface area (TPSA) is 69.1 Å². The quantitative estimate of drug-likeness (QED) is 0.569. The van der Waals surface area contributed by atoms with Crippen LogP contribution in [0.3, 0.4) is 0 Å². The second kappa shape index (κ2) is 4.50. The third kappa shape index (κ3) is 1.75. The maximum Gasteiger partial charge on any atom is 0.229 e. The molecule has 1 aliphatic carbocycles. The van der Waals surface area contributed by atoms with Gasteiger partial charge >= 0.3 is 0 Å². The minimum Gasteiger partial charge on any atom is -0.432 e. The first-order valence-corrected chi connectivity index (χ1v) is 8.13. The fourth-order valence-electron chi connectivity index (χ4n) is 3.73. The van der Waals surface area contributed by atoms with Crippen molar-refractivity contribution in [2.45, 2.75) is 39.5 Å². The van der Waals surface area contributed by atoms with Crippen molar-refractivity contribution in [3.63, 3.8) is 0 Å². The van der Waals surface area contributed by atoms with Crippen LogP contribution in [-0.4, -0.2) is 24.6 Å². The SMILES string of the molecule is CC(C)Cc1nc2oc3c(ncn4ncnc34)c2c2c1CCC2. The van der Waals surface area contributed by atoms with Gasteiger partial charge in [-0.05, 0) is 42.7 Å². The zero-order valence-corrected chi connectivity index (χ0v) is 13.2. The number of nitrogens with zero attached hydrogens (tertiary/aromatic N) is 5. The van der Waals surface area contributed by atoms with Crippen LogP contribution in [0.25, 0.3) is 27.8 Å². The molecule has 23 heavy (non-hydrogen) atoms. The Labute approximate surface area is 132 Å². The molecule has 4 heterocycles. The van der Waals surface area contributed by atoms with Gasteiger partial charge in [-0.25, -0.2) is 15.0 Å². The van der Waals surface area contributed by atoms with Crippen LogP contribution in [0.1, 0.15) is 37.1 Å². The summed E-state index contributed by atoms with van der Waals surface area (Å²) < 4.78 is 7.71. The Bertz CT molecular complexity index is 1060. The molecule has 1 aliphatic rings. The average Bonchev–Trinajstić information content (AvgIpc) is 3.22. The molecule has 0 saturated carbocycles. The van der Waals surface area contributed by atoms with Gasteiger partial charge in [0.1, 0.15) is 18.2 Å². The molecule has 4 aromatic rings. The third-order valence-electron chi connectivity index (χ3n) is 4.64. The van der Waals surface area contributed by atoms with Crippen molar-refractivity contribution in [1.82, 2.24) is 24.6 Å². The highest BCUT2D eigenvalue weighted by molar-refractivity contribution is 6.07. The van der Waals surface area contributed by atoms with Gasteiger partial charge < -0.3 is 4.42 Å². The smallest absolute Gasteiger partial charge is 0.229 e. The first-order chi connectivity index (χ1) is 11.2. The van der Waals surface area contributed by atoms with Crippen molar-refractivity contribution >= 4 is 27.8 Å². The van der Waals surface area contributed by atoms with Gasteiger partial charge in [-0.15, -0.1) is 0 Å². The van der Waals surface area contributed by atoms with Crippen LogP contribution in [0.2, 0.25) is 0 Å². The van der Waals surface area contributed by atoms with E-state index in [1.807, 2.05) is 0 Å². The first-order valence-electron chi connectivity index (χ1n) is 8.13. The largest absolute Gasteiger partial charge is 0.432 e. The molecule has 5 rings (SSSR count). The van der Waals surface area contributed by atoms with Crippen LogP contribution in [0.4, 0.5) is 0 Å². The Morgan fingerprint density at radius 3 is 2.96 bits per heavy atom. The molecule has 0 fully saturated rings. The number of furan rings is 1. The summed E-state index contributed by atoms with van der Waals surface area (Å²) in [5.74, 6) is 0.579. The van der Waals surface area contributed by atoms with Crippen molar-refractivity contribution in [3.05, 3.63) is 29.5 Å². The van der Waals surface area contributed by atoms with Crippen LogP contribution in [0.15, 0.2) is 17.1 Å². The molecule has 0 unspecified atom stereocenters. The number of hydrogen-bond acceptors (Lipinski definition) is 5. The highest BCUT2D eigenvalue weighted by Crippen LogP contribution is 2.37. The Balaban J connectivity index is 1.91. The van der Waals surface area contributed by atoms with Crippen LogP contribution in [0.5, 0.6) is 0 Å². The van der Waals surface area contributed by atoms with Crippen molar-refractivity contribution in [2.75, 3.05) is 0 Å². The maximum absolute atomic E-state index is 6.07. The molecule has 0 spiro atoms. The van der Waals surface area contributed by atoms with E-state index in [2.05, 4.69) is 28.9 Å². The monoisotopic (exact) mass is 307 g/mol. The van der Waals surface area contributed by atoms with Gasteiger partial charge in [-0.3, -0.25) is 0 Å². The summed E-state index contributed by atoms with van der Waals surface area (Å²) in [4.78, 5) is 13.7. The highest BCUT2D eigenvalue weighted by atomic mass is 16.3. The van der Waals surface area contributed by atoms with Gasteiger partial charge in [0.25, 0.3) is 0 Å². The summed E-state index contributed by atoms with van der Waals surface area (Å²) in [7, 11) is 0. The number of rotatable bonds is 2. The number of aryl methyl sites for hydroxylation is 1. The predicted octanol–water partition coefficient (Wildman–Crippen LogP) is 3.11. The lowest BCUT2D eigenvalue weighted by atomic mass is 9.99. The molecular formula is C17H17N5O. The van der Waals surface area contributed by atoms with Gasteiger partial charge in [-0.1, -0.05) is 13.8 Å². The molecule has 0 aromatic carbocycles. The Hall–Kier alpha value is -2.50. The van der Waals surface area contributed by atoms with E-state index in [9.17, 15) is 0 Å². The van der Waals surface area contributed by atoms with Crippen LogP contribution in [0, 0.1) is 5.92 Å². The lowest BCUT2D eigenvalue weighted by Crippen LogP contribution is -2.03. The predicted molar refractivity (Wildman–Crippen MR) is 86.4 cm³/mol. The van der Waals surface area contributed by atoms with Crippen LogP contribution >= 0.6 is 0 Å². The molecule has 0 radical (unpaired) electrons. The first kappa shape index (κ1) is 13.0. The van der Waals surface area contributed by atoms with Gasteiger partial charge in [-0.2, -0.15) is 9.61 Å². The van der Waals surface area contributed by atoms with Crippen LogP contribution < -0.4 is 0 Å². The molecule has 6 nitrogen and oxygen atoms in total. The van der Waals surface area contributed by atoms with Gasteiger partial charge in [0, 0.05) is 5.69 Å². The van der Waals surface area contributed by atoms with Crippen LogP contribution in [-0.2, 0) is 19.3 Å². The minimum absolute atomic E-state index is 0.579. The minimum atomic E-state index is 0.579. The third-order valence-corrected chi connectivity index (χ3v) is 4.64. The molecule has 0 saturated heterocycles. The lowest BCUT2D eigenvalue weighted by molar-refractivity contribution is 0.617. The molecule has 0 N–H and O–H groups in total. The number of aromatic nitrogens is 5. The normalized spacial score (nSPS) is 14.6. The zero-order valence-electron chi connectivity index (χ0n) is 13.2. The molecule has 6 heteroatoms. The van der Waals surface area contributed by atoms with E-state index in [1.165, 1.54) is 29.6 Å². The Morgan fingerprint density at radius 2 is 2.09 bits per heavy atom. The van der Waals surface area contributed by atoms with Gasteiger partial charge in [0.15, 0.2) is 0 Å². The summed E-state index contributed by atoms with van der Waals surface area (Å²) in [6.07, 6.45) is 7.58. The summed E-state index contributed by atoms with van der Waals surface area (Å²) in [6.45, 7) is 4.46. The summed E-state index contributed by atoms with van der Waals surface area (Å²) in [5.41, 5.74) is 6.92. The molecule has 0 amide bonds. The fourth-order valence-corrected chi connectivity index (χ4v) is 3.73. The maximum atomic E-state index is 6.07. The standard InChI is InChI=1S/C17H17N5O/c1-9(2)6-12-10-4-3-5-11(10)13-14-15(23-17(13)21-12)16-18-7-20-22(16)8-19-14/h7-9H,3-6H2,1-2H3. The second-order valence-electron chi connectivity index (χ2n) is 6.70. The van der Waals surface area contributed by atoms with E-state index >= 15 is 0 Å². The van der Waals surface area contributed by atoms with E-state index < -0.39 is 0 Å². The molecule has 0 atom stereocenters. The molecule has 0 aliphatic heterocycles. The average molecular weight is 307 g/mol. The van der Waals surface area contributed by atoms with Crippen molar-refractivity contribution in [2.24, 2.45) is 5.92 Å². The molecule has 116 valence electrons. The number of fused-ring (bicyclic) bond motifs is 7. The Kier molecular flexibility index (Phi) is 2.54. The van der Waals surface area contributed by atoms with Gasteiger partial charge in [0.05, 0.1) is 5.39 Å². The molecule has 0 bridgehead atoms. The van der Waals surface area contributed by atoms with Gasteiger partial charge in [0.2, 0.25) is 16.9 Å².